The summed E-state index contributed by atoms with van der Waals surface area (Å²) in [6, 6.07) is 2.04. The lowest BCUT2D eigenvalue weighted by Gasteiger charge is -2.10. The molecule has 1 fully saturated rings. The van der Waals surface area contributed by atoms with Gasteiger partial charge in [0.05, 0.1) is 4.47 Å². The number of aromatic nitrogens is 4. The van der Waals surface area contributed by atoms with Crippen molar-refractivity contribution in [3.63, 3.8) is 0 Å². The van der Waals surface area contributed by atoms with Crippen molar-refractivity contribution in [3.05, 3.63) is 44.9 Å². The van der Waals surface area contributed by atoms with Crippen LogP contribution in [0.5, 0.6) is 0 Å². The van der Waals surface area contributed by atoms with Crippen LogP contribution in [0.3, 0.4) is 0 Å². The highest BCUT2D eigenvalue weighted by Gasteiger charge is 2.25. The van der Waals surface area contributed by atoms with Gasteiger partial charge in [-0.2, -0.15) is 10.1 Å². The van der Waals surface area contributed by atoms with Crippen molar-refractivity contribution >= 4 is 45.3 Å². The highest BCUT2D eigenvalue weighted by atomic mass is 79.9. The van der Waals surface area contributed by atoms with Gasteiger partial charge in [-0.1, -0.05) is 24.4 Å². The highest BCUT2D eigenvalue weighted by Crippen LogP contribution is 2.39. The lowest BCUT2D eigenvalue weighted by molar-refractivity contribution is 0.966. The molecule has 0 amide bonds. The van der Waals surface area contributed by atoms with Gasteiger partial charge in [-0.25, -0.2) is 4.98 Å². The molecule has 0 aliphatic heterocycles. The molecule has 25 heavy (non-hydrogen) atoms. The molecule has 6 nitrogen and oxygen atoms in total. The summed E-state index contributed by atoms with van der Waals surface area (Å²) in [5, 5.41) is 13.9. The molecule has 3 N–H and O–H groups in total. The number of halogens is 1. The van der Waals surface area contributed by atoms with Gasteiger partial charge in [0.15, 0.2) is 11.6 Å². The number of nitrogens with one attached hydrogen (secondary N) is 3. The van der Waals surface area contributed by atoms with Crippen molar-refractivity contribution in [2.45, 2.75) is 32.6 Å². The Morgan fingerprint density at radius 1 is 1.52 bits per heavy atom. The van der Waals surface area contributed by atoms with Crippen LogP contribution >= 0.6 is 27.7 Å². The predicted molar refractivity (Wildman–Crippen MR) is 108 cm³/mol. The largest absolute Gasteiger partial charge is 0.350 e. The maximum absolute atomic E-state index is 4.53. The molecule has 0 saturated heterocycles. The summed E-state index contributed by atoms with van der Waals surface area (Å²) in [4.78, 5) is 11.1. The van der Waals surface area contributed by atoms with Crippen molar-refractivity contribution in [1.82, 2.24) is 20.2 Å². The number of hydrogen-bond donors (Lipinski definition) is 3. The van der Waals surface area contributed by atoms with E-state index in [0.29, 0.717) is 24.2 Å². The molecule has 132 valence electrons. The van der Waals surface area contributed by atoms with Crippen LogP contribution < -0.4 is 10.6 Å². The number of allylic oxidation sites excluding steroid dienone is 2. The van der Waals surface area contributed by atoms with E-state index in [4.69, 9.17) is 0 Å². The van der Waals surface area contributed by atoms with Crippen LogP contribution in [0.4, 0.5) is 17.6 Å². The number of rotatable bonds is 8. The van der Waals surface area contributed by atoms with E-state index in [1.54, 1.807) is 18.0 Å². The third kappa shape index (κ3) is 5.09. The van der Waals surface area contributed by atoms with Crippen LogP contribution in [-0.2, 0) is 0 Å². The molecule has 0 atom stereocenters. The minimum Gasteiger partial charge on any atom is -0.350 e. The van der Waals surface area contributed by atoms with Crippen LogP contribution in [-0.4, -0.2) is 26.7 Å². The standard InChI is InChI=1S/C17H21BrN6S/c1-4-12(25-10(2)3)8-19-17-20-9-13(18)16(22-17)21-15-7-14(23-24-15)11-5-6-11/h4,7,9,11H,2,5-6,8H2,1,3H3,(H3,19,20,21,22,23,24)/b12-4-. The summed E-state index contributed by atoms with van der Waals surface area (Å²) < 4.78 is 0.789. The second-order valence-electron chi connectivity index (χ2n) is 5.91. The number of anilines is 3. The summed E-state index contributed by atoms with van der Waals surface area (Å²) in [7, 11) is 0. The fraction of sp³-hybridized carbons (Fsp3) is 0.353. The van der Waals surface area contributed by atoms with E-state index >= 15 is 0 Å². The molecule has 0 unspecified atom stereocenters. The molecule has 0 aromatic carbocycles. The molecule has 1 aliphatic rings. The first kappa shape index (κ1) is 18.0. The van der Waals surface area contributed by atoms with E-state index in [0.717, 1.165) is 15.2 Å². The van der Waals surface area contributed by atoms with Crippen molar-refractivity contribution in [1.29, 1.82) is 0 Å². The third-order valence-corrected chi connectivity index (χ3v) is 5.22. The summed E-state index contributed by atoms with van der Waals surface area (Å²) in [5.74, 6) is 2.64. The maximum atomic E-state index is 4.53. The van der Waals surface area contributed by atoms with Gasteiger partial charge in [0.25, 0.3) is 0 Å². The molecule has 8 heteroatoms. The molecule has 2 aromatic rings. The second kappa shape index (κ2) is 8.05. The van der Waals surface area contributed by atoms with Gasteiger partial charge in [-0.05, 0) is 47.5 Å². The minimum atomic E-state index is 0.560. The van der Waals surface area contributed by atoms with Crippen LogP contribution in [0, 0.1) is 0 Å². The van der Waals surface area contributed by atoms with Crippen molar-refractivity contribution < 1.29 is 0 Å². The second-order valence-corrected chi connectivity index (χ2v) is 8.19. The molecule has 3 rings (SSSR count). The Balaban J connectivity index is 1.66. The van der Waals surface area contributed by atoms with Crippen molar-refractivity contribution in [2.75, 3.05) is 17.2 Å². The Morgan fingerprint density at radius 2 is 2.32 bits per heavy atom. The van der Waals surface area contributed by atoms with Gasteiger partial charge in [0.2, 0.25) is 5.95 Å². The first-order valence-corrected chi connectivity index (χ1v) is 9.73. The summed E-state index contributed by atoms with van der Waals surface area (Å²) in [5.41, 5.74) is 1.18. The van der Waals surface area contributed by atoms with E-state index in [-0.39, 0.29) is 0 Å². The quantitative estimate of drug-likeness (QED) is 0.546. The predicted octanol–water partition coefficient (Wildman–Crippen LogP) is 5.17. The van der Waals surface area contributed by atoms with Gasteiger partial charge in [-0.15, -0.1) is 0 Å². The molecule has 0 spiro atoms. The van der Waals surface area contributed by atoms with E-state index in [9.17, 15) is 0 Å². The molecular weight excluding hydrogens is 400 g/mol. The number of H-pyrrole nitrogens is 1. The van der Waals surface area contributed by atoms with Gasteiger partial charge in [0.1, 0.15) is 0 Å². The smallest absolute Gasteiger partial charge is 0.224 e. The Kier molecular flexibility index (Phi) is 5.80. The zero-order chi connectivity index (χ0) is 17.8. The highest BCUT2D eigenvalue weighted by molar-refractivity contribution is 9.10. The summed E-state index contributed by atoms with van der Waals surface area (Å²) >= 11 is 5.13. The number of hydrogen-bond acceptors (Lipinski definition) is 6. The Labute approximate surface area is 160 Å². The number of thioether (sulfide) groups is 1. The fourth-order valence-corrected chi connectivity index (χ4v) is 3.25. The van der Waals surface area contributed by atoms with Crippen LogP contribution in [0.1, 0.15) is 38.3 Å². The molecule has 2 aromatic heterocycles. The van der Waals surface area contributed by atoms with E-state index in [2.05, 4.69) is 59.4 Å². The van der Waals surface area contributed by atoms with Crippen LogP contribution in [0.25, 0.3) is 0 Å². The lowest BCUT2D eigenvalue weighted by Crippen LogP contribution is -2.08. The fourth-order valence-electron chi connectivity index (χ4n) is 2.25. The molecule has 1 saturated carbocycles. The van der Waals surface area contributed by atoms with Crippen molar-refractivity contribution in [2.24, 2.45) is 0 Å². The molecule has 0 radical (unpaired) electrons. The average molecular weight is 421 g/mol. The summed E-state index contributed by atoms with van der Waals surface area (Å²) in [6.45, 7) is 8.59. The molecule has 2 heterocycles. The minimum absolute atomic E-state index is 0.560. The van der Waals surface area contributed by atoms with E-state index in [1.807, 2.05) is 19.9 Å². The third-order valence-electron chi connectivity index (χ3n) is 3.65. The van der Waals surface area contributed by atoms with Gasteiger partial charge >= 0.3 is 0 Å². The lowest BCUT2D eigenvalue weighted by atomic mass is 10.3. The van der Waals surface area contributed by atoms with E-state index in [1.165, 1.54) is 23.4 Å². The first-order valence-electron chi connectivity index (χ1n) is 8.12. The normalized spacial score (nSPS) is 14.4. The van der Waals surface area contributed by atoms with Crippen LogP contribution in [0.15, 0.2) is 39.2 Å². The first-order chi connectivity index (χ1) is 12.0. The van der Waals surface area contributed by atoms with Gasteiger partial charge in [0, 0.05) is 35.3 Å². The zero-order valence-corrected chi connectivity index (χ0v) is 16.7. The summed E-state index contributed by atoms with van der Waals surface area (Å²) in [6.07, 6.45) is 6.27. The number of aromatic amines is 1. The van der Waals surface area contributed by atoms with Crippen molar-refractivity contribution in [3.8, 4) is 0 Å². The van der Waals surface area contributed by atoms with Crippen LogP contribution in [0.2, 0.25) is 0 Å². The maximum Gasteiger partial charge on any atom is 0.224 e. The zero-order valence-electron chi connectivity index (χ0n) is 14.3. The van der Waals surface area contributed by atoms with Gasteiger partial charge < -0.3 is 10.6 Å². The SMILES string of the molecule is C=C(C)S/C(=C\C)CNc1ncc(Br)c(Nc2cc(C3CC3)[nH]n2)n1. The Morgan fingerprint density at radius 3 is 3.00 bits per heavy atom. The van der Waals surface area contributed by atoms with E-state index < -0.39 is 0 Å². The molecule has 1 aliphatic carbocycles. The topological polar surface area (TPSA) is 78.5 Å². The Hall–Kier alpha value is -1.80. The molecule has 0 bridgehead atoms. The Bertz CT molecular complexity index is 796. The molecular formula is C17H21BrN6S. The van der Waals surface area contributed by atoms with Gasteiger partial charge in [-0.3, -0.25) is 5.10 Å². The number of nitrogens with zero attached hydrogens (tertiary/aromatic N) is 3. The monoisotopic (exact) mass is 420 g/mol. The average Bonchev–Trinajstić information content (AvgIpc) is 3.33.